The fraction of sp³-hybridized carbons (Fsp3) is 0.625. The van der Waals surface area contributed by atoms with Crippen LogP contribution in [-0.4, -0.2) is 38.1 Å². The third-order valence-electron chi connectivity index (χ3n) is 3.11. The van der Waals surface area contributed by atoms with Crippen LogP contribution in [0, 0.1) is 5.92 Å². The molecule has 0 saturated carbocycles. The predicted molar refractivity (Wildman–Crippen MR) is 79.0 cm³/mol. The number of methoxy groups -OCH3 is 1. The zero-order valence-electron chi connectivity index (χ0n) is 12.8. The standard InChI is InChI=1S/C16H26O4/c1-5-19-16(12(2)3)15(17)13-8-6-7-9-14(13)20-11-10-18-4/h6-9,12,15-17H,5,10-11H2,1-4H3. The number of hydrogen-bond donors (Lipinski definition) is 1. The first-order valence-corrected chi connectivity index (χ1v) is 7.12. The topological polar surface area (TPSA) is 47.9 Å². The zero-order valence-corrected chi connectivity index (χ0v) is 12.8. The van der Waals surface area contributed by atoms with Gasteiger partial charge in [-0.1, -0.05) is 32.0 Å². The van der Waals surface area contributed by atoms with Crippen LogP contribution in [0.25, 0.3) is 0 Å². The van der Waals surface area contributed by atoms with Crippen LogP contribution in [0.15, 0.2) is 24.3 Å². The highest BCUT2D eigenvalue weighted by Crippen LogP contribution is 2.31. The van der Waals surface area contributed by atoms with E-state index in [1.165, 1.54) is 0 Å². The van der Waals surface area contributed by atoms with Crippen molar-refractivity contribution < 1.29 is 19.3 Å². The maximum absolute atomic E-state index is 10.6. The largest absolute Gasteiger partial charge is 0.491 e. The van der Waals surface area contributed by atoms with E-state index in [9.17, 15) is 5.11 Å². The highest BCUT2D eigenvalue weighted by atomic mass is 16.5. The van der Waals surface area contributed by atoms with E-state index >= 15 is 0 Å². The second-order valence-corrected chi connectivity index (χ2v) is 4.99. The number of aliphatic hydroxyl groups excluding tert-OH is 1. The smallest absolute Gasteiger partial charge is 0.125 e. The van der Waals surface area contributed by atoms with Gasteiger partial charge in [0.1, 0.15) is 18.5 Å². The highest BCUT2D eigenvalue weighted by molar-refractivity contribution is 5.35. The summed E-state index contributed by atoms with van der Waals surface area (Å²) in [5, 5.41) is 10.6. The lowest BCUT2D eigenvalue weighted by atomic mass is 9.95. The molecule has 0 heterocycles. The van der Waals surface area contributed by atoms with Gasteiger partial charge in [0.2, 0.25) is 0 Å². The molecule has 0 spiro atoms. The summed E-state index contributed by atoms with van der Waals surface area (Å²) < 4.78 is 16.3. The summed E-state index contributed by atoms with van der Waals surface area (Å²) in [6, 6.07) is 7.52. The van der Waals surface area contributed by atoms with Crippen LogP contribution in [0.2, 0.25) is 0 Å². The van der Waals surface area contributed by atoms with E-state index in [4.69, 9.17) is 14.2 Å². The molecule has 2 unspecified atom stereocenters. The van der Waals surface area contributed by atoms with E-state index < -0.39 is 6.10 Å². The number of rotatable bonds is 9. The maximum Gasteiger partial charge on any atom is 0.125 e. The Bertz CT molecular complexity index is 378. The van der Waals surface area contributed by atoms with Crippen LogP contribution in [0.4, 0.5) is 0 Å². The lowest BCUT2D eigenvalue weighted by Gasteiger charge is -2.27. The van der Waals surface area contributed by atoms with E-state index in [1.54, 1.807) is 7.11 Å². The summed E-state index contributed by atoms with van der Waals surface area (Å²) >= 11 is 0. The van der Waals surface area contributed by atoms with E-state index in [0.29, 0.717) is 25.6 Å². The van der Waals surface area contributed by atoms with Gasteiger partial charge in [-0.2, -0.15) is 0 Å². The quantitative estimate of drug-likeness (QED) is 0.708. The van der Waals surface area contributed by atoms with Crippen LogP contribution in [0.3, 0.4) is 0 Å². The van der Waals surface area contributed by atoms with Crippen molar-refractivity contribution in [1.82, 2.24) is 0 Å². The summed E-state index contributed by atoms with van der Waals surface area (Å²) in [7, 11) is 1.63. The highest BCUT2D eigenvalue weighted by Gasteiger charge is 2.26. The fourth-order valence-corrected chi connectivity index (χ4v) is 2.11. The number of aliphatic hydroxyl groups is 1. The van der Waals surface area contributed by atoms with Gasteiger partial charge in [-0.3, -0.25) is 0 Å². The van der Waals surface area contributed by atoms with E-state index in [-0.39, 0.29) is 12.0 Å². The van der Waals surface area contributed by atoms with Gasteiger partial charge in [0.05, 0.1) is 12.7 Å². The monoisotopic (exact) mass is 282 g/mol. The minimum absolute atomic E-state index is 0.219. The molecule has 0 aliphatic heterocycles. The Labute approximate surface area is 121 Å². The molecule has 4 nitrogen and oxygen atoms in total. The molecule has 20 heavy (non-hydrogen) atoms. The SMILES string of the molecule is CCOC(C(C)C)C(O)c1ccccc1OCCOC. The third kappa shape index (κ3) is 4.78. The van der Waals surface area contributed by atoms with Crippen LogP contribution in [0.1, 0.15) is 32.4 Å². The molecule has 4 heteroatoms. The molecule has 1 N–H and O–H groups in total. The zero-order chi connectivity index (χ0) is 15.0. The molecule has 0 aliphatic carbocycles. The van der Waals surface area contributed by atoms with Gasteiger partial charge in [-0.25, -0.2) is 0 Å². The van der Waals surface area contributed by atoms with Crippen molar-refractivity contribution in [2.45, 2.75) is 33.0 Å². The Kier molecular flexibility index (Phi) is 7.59. The molecule has 2 atom stereocenters. The molecule has 114 valence electrons. The molecule has 0 fully saturated rings. The average molecular weight is 282 g/mol. The average Bonchev–Trinajstić information content (AvgIpc) is 2.44. The molecule has 1 aromatic rings. The summed E-state index contributed by atoms with van der Waals surface area (Å²) in [5.41, 5.74) is 0.760. The molecule has 1 aromatic carbocycles. The Morgan fingerprint density at radius 1 is 1.15 bits per heavy atom. The van der Waals surface area contributed by atoms with Crippen molar-refractivity contribution in [3.05, 3.63) is 29.8 Å². The number of hydrogen-bond acceptors (Lipinski definition) is 4. The molecule has 1 rings (SSSR count). The lowest BCUT2D eigenvalue weighted by molar-refractivity contribution is -0.0594. The van der Waals surface area contributed by atoms with E-state index in [2.05, 4.69) is 0 Å². The third-order valence-corrected chi connectivity index (χ3v) is 3.11. The van der Waals surface area contributed by atoms with Crippen LogP contribution >= 0.6 is 0 Å². The van der Waals surface area contributed by atoms with Gasteiger partial charge in [0.25, 0.3) is 0 Å². The molecule has 0 aliphatic rings. The van der Waals surface area contributed by atoms with Gasteiger partial charge < -0.3 is 19.3 Å². The van der Waals surface area contributed by atoms with Crippen molar-refractivity contribution in [1.29, 1.82) is 0 Å². The van der Waals surface area contributed by atoms with Crippen molar-refractivity contribution in [2.24, 2.45) is 5.92 Å². The van der Waals surface area contributed by atoms with Crippen molar-refractivity contribution >= 4 is 0 Å². The number of benzene rings is 1. The van der Waals surface area contributed by atoms with Crippen molar-refractivity contribution in [3.63, 3.8) is 0 Å². The Hall–Kier alpha value is -1.10. The van der Waals surface area contributed by atoms with Crippen molar-refractivity contribution in [2.75, 3.05) is 26.9 Å². The summed E-state index contributed by atoms with van der Waals surface area (Å²) in [5.74, 6) is 0.902. The van der Waals surface area contributed by atoms with Gasteiger partial charge in [-0.05, 0) is 18.9 Å². The number of para-hydroxylation sites is 1. The first-order chi connectivity index (χ1) is 9.61. The first kappa shape index (κ1) is 17.0. The molecule has 0 bridgehead atoms. The Morgan fingerprint density at radius 3 is 2.45 bits per heavy atom. The summed E-state index contributed by atoms with van der Waals surface area (Å²) in [6.07, 6.45) is -0.944. The van der Waals surface area contributed by atoms with E-state index in [0.717, 1.165) is 5.56 Å². The van der Waals surface area contributed by atoms with Crippen LogP contribution in [0.5, 0.6) is 5.75 Å². The summed E-state index contributed by atoms with van der Waals surface area (Å²) in [4.78, 5) is 0. The molecular formula is C16H26O4. The summed E-state index contributed by atoms with van der Waals surface area (Å²) in [6.45, 7) is 7.57. The molecule has 0 radical (unpaired) electrons. The first-order valence-electron chi connectivity index (χ1n) is 7.12. The Balaban J connectivity index is 2.87. The minimum Gasteiger partial charge on any atom is -0.491 e. The predicted octanol–water partition coefficient (Wildman–Crippen LogP) is 2.81. The second kappa shape index (κ2) is 8.95. The van der Waals surface area contributed by atoms with Gasteiger partial charge in [-0.15, -0.1) is 0 Å². The second-order valence-electron chi connectivity index (χ2n) is 4.99. The molecule has 0 saturated heterocycles. The molecular weight excluding hydrogens is 256 g/mol. The van der Waals surface area contributed by atoms with Crippen LogP contribution < -0.4 is 4.74 Å². The fourth-order valence-electron chi connectivity index (χ4n) is 2.11. The minimum atomic E-state index is -0.700. The Morgan fingerprint density at radius 2 is 1.85 bits per heavy atom. The van der Waals surface area contributed by atoms with Gasteiger partial charge in [0.15, 0.2) is 0 Å². The van der Waals surface area contributed by atoms with Crippen molar-refractivity contribution in [3.8, 4) is 5.75 Å². The van der Waals surface area contributed by atoms with Crippen LogP contribution in [-0.2, 0) is 9.47 Å². The van der Waals surface area contributed by atoms with E-state index in [1.807, 2.05) is 45.0 Å². The van der Waals surface area contributed by atoms with Gasteiger partial charge in [0, 0.05) is 19.3 Å². The lowest BCUT2D eigenvalue weighted by Crippen LogP contribution is -2.28. The normalized spacial score (nSPS) is 14.3. The van der Waals surface area contributed by atoms with Gasteiger partial charge >= 0.3 is 0 Å². The maximum atomic E-state index is 10.6. The number of ether oxygens (including phenoxy) is 3. The molecule has 0 aromatic heterocycles. The molecule has 0 amide bonds.